The van der Waals surface area contributed by atoms with Gasteiger partial charge in [0.15, 0.2) is 0 Å². The molecular weight excluding hydrogens is 253 g/mol. The number of esters is 1. The number of alkyl halides is 1. The van der Waals surface area contributed by atoms with Crippen LogP contribution in [-0.2, 0) is 9.53 Å². The Labute approximate surface area is 111 Å². The highest BCUT2D eigenvalue weighted by atomic mass is 19.1. The average Bonchev–Trinajstić information content (AvgIpc) is 2.45. The number of carbonyl (C=O) groups is 1. The maximum absolute atomic E-state index is 13.9. The summed E-state index contributed by atoms with van der Waals surface area (Å²) in [6.07, 6.45) is -1.96. The number of hydrogen-bond donors (Lipinski definition) is 1. The summed E-state index contributed by atoms with van der Waals surface area (Å²) < 4.78 is 28.7. The van der Waals surface area contributed by atoms with E-state index in [1.807, 2.05) is 0 Å². The van der Waals surface area contributed by atoms with E-state index < -0.39 is 18.2 Å². The van der Waals surface area contributed by atoms with Crippen molar-refractivity contribution in [2.24, 2.45) is 5.73 Å². The number of hydrogen-bond acceptors (Lipinski definition) is 5. The Balaban J connectivity index is 3.02. The Morgan fingerprint density at radius 3 is 2.58 bits per heavy atom. The molecule has 0 aliphatic carbocycles. The minimum absolute atomic E-state index is 0.0984. The van der Waals surface area contributed by atoms with Crippen LogP contribution in [-0.4, -0.2) is 33.0 Å². The van der Waals surface area contributed by atoms with Crippen molar-refractivity contribution < 1.29 is 23.4 Å². The highest BCUT2D eigenvalue weighted by Gasteiger charge is 2.30. The van der Waals surface area contributed by atoms with Gasteiger partial charge in [-0.15, -0.1) is 0 Å². The predicted octanol–water partition coefficient (Wildman–Crippen LogP) is 1.60. The predicted molar refractivity (Wildman–Crippen MR) is 68.0 cm³/mol. The van der Waals surface area contributed by atoms with E-state index in [2.05, 4.69) is 4.74 Å². The van der Waals surface area contributed by atoms with Crippen molar-refractivity contribution in [1.29, 1.82) is 0 Å². The van der Waals surface area contributed by atoms with Crippen LogP contribution in [0.4, 0.5) is 4.39 Å². The summed E-state index contributed by atoms with van der Waals surface area (Å²) in [6.45, 7) is 1.70. The van der Waals surface area contributed by atoms with Crippen molar-refractivity contribution in [2.45, 2.75) is 19.1 Å². The minimum Gasteiger partial charge on any atom is -0.497 e. The van der Waals surface area contributed by atoms with Crippen LogP contribution in [0.2, 0.25) is 0 Å². The van der Waals surface area contributed by atoms with E-state index in [0.29, 0.717) is 17.1 Å². The third-order valence-corrected chi connectivity index (χ3v) is 2.62. The lowest BCUT2D eigenvalue weighted by Crippen LogP contribution is -2.31. The number of ether oxygens (including phenoxy) is 3. The molecule has 2 N–H and O–H groups in total. The molecule has 19 heavy (non-hydrogen) atoms. The lowest BCUT2D eigenvalue weighted by atomic mass is 10.0. The van der Waals surface area contributed by atoms with Crippen LogP contribution < -0.4 is 15.2 Å². The van der Waals surface area contributed by atoms with Crippen molar-refractivity contribution in [3.63, 3.8) is 0 Å². The monoisotopic (exact) mass is 271 g/mol. The standard InChI is InChI=1S/C13H18FNO4/c1-4-19-13(16)11(14)12(15)9-7-8(17-2)5-6-10(9)18-3/h5-7,11-12H,4,15H2,1-3H3/t11?,12-/m0/s1. The van der Waals surface area contributed by atoms with Crippen molar-refractivity contribution >= 4 is 5.97 Å². The largest absolute Gasteiger partial charge is 0.497 e. The summed E-state index contributed by atoms with van der Waals surface area (Å²) in [5.74, 6) is -0.0950. The number of nitrogens with two attached hydrogens (primary N) is 1. The second-order valence-electron chi connectivity index (χ2n) is 3.79. The van der Waals surface area contributed by atoms with Crippen LogP contribution in [0.5, 0.6) is 11.5 Å². The molecule has 0 aromatic heterocycles. The van der Waals surface area contributed by atoms with Crippen LogP contribution in [0, 0.1) is 0 Å². The Morgan fingerprint density at radius 2 is 2.05 bits per heavy atom. The van der Waals surface area contributed by atoms with Crippen LogP contribution in [0.1, 0.15) is 18.5 Å². The molecule has 5 nitrogen and oxygen atoms in total. The van der Waals surface area contributed by atoms with Crippen molar-refractivity contribution in [1.82, 2.24) is 0 Å². The topological polar surface area (TPSA) is 70.8 Å². The van der Waals surface area contributed by atoms with E-state index in [-0.39, 0.29) is 6.61 Å². The van der Waals surface area contributed by atoms with Gasteiger partial charge in [-0.25, -0.2) is 9.18 Å². The maximum atomic E-state index is 13.9. The summed E-state index contributed by atoms with van der Waals surface area (Å²) in [7, 11) is 2.92. The first kappa shape index (κ1) is 15.2. The highest BCUT2D eigenvalue weighted by molar-refractivity contribution is 5.76. The van der Waals surface area contributed by atoms with Crippen LogP contribution in [0.25, 0.3) is 0 Å². The Kier molecular flexibility index (Phi) is 5.57. The Hall–Kier alpha value is -1.82. The SMILES string of the molecule is CCOC(=O)C(F)[C@@H](N)c1cc(OC)ccc1OC. The third kappa shape index (κ3) is 3.57. The molecule has 0 radical (unpaired) electrons. The molecule has 6 heteroatoms. The van der Waals surface area contributed by atoms with Crippen LogP contribution in [0.3, 0.4) is 0 Å². The van der Waals surface area contributed by atoms with Gasteiger partial charge >= 0.3 is 5.97 Å². The number of carbonyl (C=O) groups excluding carboxylic acids is 1. The van der Waals surface area contributed by atoms with Crippen molar-refractivity contribution in [3.8, 4) is 11.5 Å². The van der Waals surface area contributed by atoms with Crippen molar-refractivity contribution in [3.05, 3.63) is 23.8 Å². The summed E-state index contributed by atoms with van der Waals surface area (Å²) in [5, 5.41) is 0. The summed E-state index contributed by atoms with van der Waals surface area (Å²) in [4.78, 5) is 11.4. The molecule has 0 saturated carbocycles. The molecule has 2 atom stereocenters. The molecule has 1 aromatic carbocycles. The first-order chi connectivity index (χ1) is 9.04. The highest BCUT2D eigenvalue weighted by Crippen LogP contribution is 2.31. The van der Waals surface area contributed by atoms with Crippen molar-refractivity contribution in [2.75, 3.05) is 20.8 Å². The smallest absolute Gasteiger partial charge is 0.342 e. The van der Waals surface area contributed by atoms with Crippen LogP contribution >= 0.6 is 0 Å². The number of halogens is 1. The molecule has 1 rings (SSSR count). The first-order valence-corrected chi connectivity index (χ1v) is 5.83. The maximum Gasteiger partial charge on any atom is 0.342 e. The van der Waals surface area contributed by atoms with E-state index >= 15 is 0 Å². The van der Waals surface area contributed by atoms with E-state index in [4.69, 9.17) is 15.2 Å². The fourth-order valence-corrected chi connectivity index (χ4v) is 1.63. The molecule has 0 amide bonds. The molecule has 1 aromatic rings. The molecule has 0 fully saturated rings. The normalized spacial score (nSPS) is 13.5. The zero-order valence-corrected chi connectivity index (χ0v) is 11.2. The molecular formula is C13H18FNO4. The number of benzene rings is 1. The zero-order chi connectivity index (χ0) is 14.4. The molecule has 0 heterocycles. The summed E-state index contributed by atoms with van der Waals surface area (Å²) in [5.41, 5.74) is 6.11. The third-order valence-electron chi connectivity index (χ3n) is 2.62. The quantitative estimate of drug-likeness (QED) is 0.796. The second-order valence-corrected chi connectivity index (χ2v) is 3.79. The molecule has 0 bridgehead atoms. The molecule has 0 saturated heterocycles. The van der Waals surface area contributed by atoms with E-state index in [1.54, 1.807) is 19.1 Å². The first-order valence-electron chi connectivity index (χ1n) is 5.83. The van der Waals surface area contributed by atoms with Gasteiger partial charge in [0.2, 0.25) is 6.17 Å². The van der Waals surface area contributed by atoms with Gasteiger partial charge in [-0.2, -0.15) is 0 Å². The molecule has 0 spiro atoms. The Morgan fingerprint density at radius 1 is 1.37 bits per heavy atom. The van der Waals surface area contributed by atoms with Gasteiger partial charge in [0.1, 0.15) is 11.5 Å². The minimum atomic E-state index is -1.96. The van der Waals surface area contributed by atoms with Gasteiger partial charge in [-0.3, -0.25) is 0 Å². The number of methoxy groups -OCH3 is 2. The lowest BCUT2D eigenvalue weighted by Gasteiger charge is -2.19. The average molecular weight is 271 g/mol. The zero-order valence-electron chi connectivity index (χ0n) is 11.2. The van der Waals surface area contributed by atoms with E-state index in [0.717, 1.165) is 0 Å². The van der Waals surface area contributed by atoms with Crippen LogP contribution in [0.15, 0.2) is 18.2 Å². The summed E-state index contributed by atoms with van der Waals surface area (Å²) in [6, 6.07) is 3.62. The molecule has 0 aliphatic rings. The Bertz CT molecular complexity index is 439. The van der Waals surface area contributed by atoms with Gasteiger partial charge in [-0.05, 0) is 25.1 Å². The van der Waals surface area contributed by atoms with Gasteiger partial charge in [0.25, 0.3) is 0 Å². The van der Waals surface area contributed by atoms with E-state index in [9.17, 15) is 9.18 Å². The fraction of sp³-hybridized carbons (Fsp3) is 0.462. The fourth-order valence-electron chi connectivity index (χ4n) is 1.63. The lowest BCUT2D eigenvalue weighted by molar-refractivity contribution is -0.149. The van der Waals surface area contributed by atoms with Gasteiger partial charge in [0.05, 0.1) is 26.9 Å². The summed E-state index contributed by atoms with van der Waals surface area (Å²) >= 11 is 0. The van der Waals surface area contributed by atoms with Gasteiger partial charge < -0.3 is 19.9 Å². The van der Waals surface area contributed by atoms with E-state index in [1.165, 1.54) is 20.3 Å². The number of rotatable bonds is 6. The molecule has 1 unspecified atom stereocenters. The van der Waals surface area contributed by atoms with Gasteiger partial charge in [0, 0.05) is 5.56 Å². The van der Waals surface area contributed by atoms with Gasteiger partial charge in [-0.1, -0.05) is 0 Å². The second kappa shape index (κ2) is 6.94. The molecule has 106 valence electrons. The molecule has 0 aliphatic heterocycles.